The van der Waals surface area contributed by atoms with Crippen molar-refractivity contribution in [1.29, 1.82) is 0 Å². The summed E-state index contributed by atoms with van der Waals surface area (Å²) in [6, 6.07) is 20.6. The van der Waals surface area contributed by atoms with Crippen molar-refractivity contribution in [1.82, 2.24) is 5.32 Å². The van der Waals surface area contributed by atoms with Crippen molar-refractivity contribution in [3.63, 3.8) is 0 Å². The van der Waals surface area contributed by atoms with Gasteiger partial charge in [-0.05, 0) is 47.0 Å². The van der Waals surface area contributed by atoms with E-state index in [1.54, 1.807) is 6.07 Å². The zero-order valence-corrected chi connectivity index (χ0v) is 14.9. The molecule has 0 aliphatic rings. The van der Waals surface area contributed by atoms with Crippen LogP contribution in [0, 0.1) is 0 Å². The van der Waals surface area contributed by atoms with Crippen LogP contribution in [0.1, 0.15) is 11.1 Å². The topological polar surface area (TPSA) is 12.0 Å². The molecule has 0 saturated heterocycles. The molecular formula is C19H18Cl3N. The van der Waals surface area contributed by atoms with Crippen LogP contribution in [0.5, 0.6) is 0 Å². The van der Waals surface area contributed by atoms with Gasteiger partial charge in [0.15, 0.2) is 0 Å². The number of fused-ring (bicyclic) bond motifs is 1. The van der Waals surface area contributed by atoms with E-state index in [-0.39, 0.29) is 12.4 Å². The van der Waals surface area contributed by atoms with Crippen molar-refractivity contribution in [2.75, 3.05) is 6.54 Å². The van der Waals surface area contributed by atoms with Gasteiger partial charge >= 0.3 is 0 Å². The Balaban J connectivity index is 0.00000192. The highest BCUT2D eigenvalue weighted by Gasteiger charge is 2.02. The third kappa shape index (κ3) is 4.62. The molecule has 0 aliphatic heterocycles. The Morgan fingerprint density at radius 3 is 2.43 bits per heavy atom. The fraction of sp³-hybridized carbons (Fsp3) is 0.158. The van der Waals surface area contributed by atoms with Gasteiger partial charge in [0.1, 0.15) is 0 Å². The predicted octanol–water partition coefficient (Wildman–Crippen LogP) is 5.90. The average Bonchev–Trinajstić information content (AvgIpc) is 2.53. The summed E-state index contributed by atoms with van der Waals surface area (Å²) in [6.45, 7) is 1.73. The first-order valence-corrected chi connectivity index (χ1v) is 8.11. The first kappa shape index (κ1) is 18.1. The van der Waals surface area contributed by atoms with E-state index in [9.17, 15) is 0 Å². The normalized spacial score (nSPS) is 10.5. The van der Waals surface area contributed by atoms with Crippen molar-refractivity contribution < 1.29 is 0 Å². The molecular weight excluding hydrogens is 349 g/mol. The first-order chi connectivity index (χ1) is 10.7. The Labute approximate surface area is 153 Å². The second-order valence-electron chi connectivity index (χ2n) is 5.30. The molecule has 3 rings (SSSR count). The molecule has 1 N–H and O–H groups in total. The highest BCUT2D eigenvalue weighted by Crippen LogP contribution is 2.21. The molecule has 0 heterocycles. The van der Waals surface area contributed by atoms with Crippen LogP contribution in [0.2, 0.25) is 10.0 Å². The van der Waals surface area contributed by atoms with E-state index in [1.165, 1.54) is 16.3 Å². The molecule has 0 spiro atoms. The monoisotopic (exact) mass is 365 g/mol. The molecule has 0 saturated carbocycles. The summed E-state index contributed by atoms with van der Waals surface area (Å²) in [7, 11) is 0. The van der Waals surface area contributed by atoms with Crippen LogP contribution in [0.15, 0.2) is 60.7 Å². The number of halogens is 3. The van der Waals surface area contributed by atoms with Crippen LogP contribution in [0.25, 0.3) is 10.8 Å². The molecule has 120 valence electrons. The third-order valence-electron chi connectivity index (χ3n) is 3.78. The standard InChI is InChI=1S/C19H17Cl2N.ClH/c20-17-9-8-15(19(21)12-17)10-11-22-13-16-6-3-5-14-4-1-2-7-18(14)16;/h1-9,12,22H,10-11,13H2;1H. The maximum atomic E-state index is 6.19. The summed E-state index contributed by atoms with van der Waals surface area (Å²) in [4.78, 5) is 0. The minimum absolute atomic E-state index is 0. The SMILES string of the molecule is Cl.Clc1ccc(CCNCc2cccc3ccccc23)c(Cl)c1. The van der Waals surface area contributed by atoms with Crippen molar-refractivity contribution in [3.05, 3.63) is 81.8 Å². The Morgan fingerprint density at radius 2 is 1.61 bits per heavy atom. The highest BCUT2D eigenvalue weighted by atomic mass is 35.5. The van der Waals surface area contributed by atoms with Gasteiger partial charge in [0.05, 0.1) is 0 Å². The Kier molecular flexibility index (Phi) is 6.73. The number of hydrogen-bond acceptors (Lipinski definition) is 1. The molecule has 0 aromatic heterocycles. The van der Waals surface area contributed by atoms with Crippen LogP contribution >= 0.6 is 35.6 Å². The van der Waals surface area contributed by atoms with Gasteiger partial charge in [-0.3, -0.25) is 0 Å². The fourth-order valence-corrected chi connectivity index (χ4v) is 3.12. The van der Waals surface area contributed by atoms with Crippen LogP contribution in [-0.4, -0.2) is 6.54 Å². The maximum Gasteiger partial charge on any atom is 0.0453 e. The third-order valence-corrected chi connectivity index (χ3v) is 4.37. The largest absolute Gasteiger partial charge is 0.312 e. The van der Waals surface area contributed by atoms with E-state index in [0.717, 1.165) is 30.1 Å². The van der Waals surface area contributed by atoms with E-state index in [0.29, 0.717) is 5.02 Å². The molecule has 0 unspecified atom stereocenters. The van der Waals surface area contributed by atoms with Gasteiger partial charge in [0.2, 0.25) is 0 Å². The number of benzene rings is 3. The van der Waals surface area contributed by atoms with Gasteiger partial charge in [-0.15, -0.1) is 12.4 Å². The molecule has 1 nitrogen and oxygen atoms in total. The molecule has 0 bridgehead atoms. The average molecular weight is 367 g/mol. The van der Waals surface area contributed by atoms with Crippen molar-refractivity contribution in [2.45, 2.75) is 13.0 Å². The summed E-state index contributed by atoms with van der Waals surface area (Å²) < 4.78 is 0. The van der Waals surface area contributed by atoms with Crippen LogP contribution < -0.4 is 5.32 Å². The quantitative estimate of drug-likeness (QED) is 0.554. The second kappa shape index (κ2) is 8.56. The zero-order valence-electron chi connectivity index (χ0n) is 12.6. The van der Waals surface area contributed by atoms with Crippen LogP contribution in [0.4, 0.5) is 0 Å². The summed E-state index contributed by atoms with van der Waals surface area (Å²) >= 11 is 12.1. The van der Waals surface area contributed by atoms with E-state index >= 15 is 0 Å². The predicted molar refractivity (Wildman–Crippen MR) is 103 cm³/mol. The molecule has 3 aromatic rings. The van der Waals surface area contributed by atoms with Gasteiger partial charge in [0.25, 0.3) is 0 Å². The molecule has 3 aromatic carbocycles. The van der Waals surface area contributed by atoms with Gasteiger partial charge in [-0.1, -0.05) is 71.7 Å². The van der Waals surface area contributed by atoms with Crippen LogP contribution in [-0.2, 0) is 13.0 Å². The highest BCUT2D eigenvalue weighted by molar-refractivity contribution is 6.35. The Bertz CT molecular complexity index is 781. The van der Waals surface area contributed by atoms with E-state index < -0.39 is 0 Å². The van der Waals surface area contributed by atoms with Gasteiger partial charge in [-0.25, -0.2) is 0 Å². The van der Waals surface area contributed by atoms with Crippen molar-refractivity contribution in [3.8, 4) is 0 Å². The number of rotatable bonds is 5. The zero-order chi connectivity index (χ0) is 15.4. The lowest BCUT2D eigenvalue weighted by Crippen LogP contribution is -2.17. The van der Waals surface area contributed by atoms with E-state index in [4.69, 9.17) is 23.2 Å². The van der Waals surface area contributed by atoms with Gasteiger partial charge < -0.3 is 5.32 Å². The second-order valence-corrected chi connectivity index (χ2v) is 6.14. The molecule has 0 aliphatic carbocycles. The van der Waals surface area contributed by atoms with Crippen molar-refractivity contribution >= 4 is 46.4 Å². The van der Waals surface area contributed by atoms with Gasteiger partial charge in [0, 0.05) is 16.6 Å². The fourth-order valence-electron chi connectivity index (χ4n) is 2.62. The molecule has 0 fully saturated rings. The van der Waals surface area contributed by atoms with Crippen LogP contribution in [0.3, 0.4) is 0 Å². The van der Waals surface area contributed by atoms with Crippen molar-refractivity contribution in [2.24, 2.45) is 0 Å². The molecule has 23 heavy (non-hydrogen) atoms. The minimum atomic E-state index is 0. The molecule has 4 heteroatoms. The lowest BCUT2D eigenvalue weighted by atomic mass is 10.0. The number of nitrogens with one attached hydrogen (secondary N) is 1. The molecule has 0 amide bonds. The van der Waals surface area contributed by atoms with E-state index in [1.807, 2.05) is 12.1 Å². The van der Waals surface area contributed by atoms with Gasteiger partial charge in [-0.2, -0.15) is 0 Å². The summed E-state index contributed by atoms with van der Waals surface area (Å²) in [5.41, 5.74) is 2.44. The molecule has 0 atom stereocenters. The summed E-state index contributed by atoms with van der Waals surface area (Å²) in [6.07, 6.45) is 0.890. The Hall–Kier alpha value is -1.25. The Morgan fingerprint density at radius 1 is 0.826 bits per heavy atom. The lowest BCUT2D eigenvalue weighted by molar-refractivity contribution is 0.690. The minimum Gasteiger partial charge on any atom is -0.312 e. The lowest BCUT2D eigenvalue weighted by Gasteiger charge is -2.09. The smallest absolute Gasteiger partial charge is 0.0453 e. The molecule has 0 radical (unpaired) electrons. The van der Waals surface area contributed by atoms with E-state index in [2.05, 4.69) is 47.8 Å². The summed E-state index contributed by atoms with van der Waals surface area (Å²) in [5, 5.41) is 7.49. The maximum absolute atomic E-state index is 6.19. The first-order valence-electron chi connectivity index (χ1n) is 7.35. The number of hydrogen-bond donors (Lipinski definition) is 1. The summed E-state index contributed by atoms with van der Waals surface area (Å²) in [5.74, 6) is 0.